The molecular formula is C57H48N14O22S5. The lowest BCUT2D eigenvalue weighted by Gasteiger charge is -2.27. The number of morpholine rings is 1. The van der Waals surface area contributed by atoms with Gasteiger partial charge >= 0.3 is 11.9 Å². The van der Waals surface area contributed by atoms with E-state index in [9.17, 15) is 94.2 Å². The molecule has 0 aliphatic carbocycles. The van der Waals surface area contributed by atoms with E-state index in [1.165, 1.54) is 80.6 Å². The van der Waals surface area contributed by atoms with Gasteiger partial charge in [-0.2, -0.15) is 97.7 Å². The Balaban J connectivity index is 0.902. The summed E-state index contributed by atoms with van der Waals surface area (Å²) in [6.07, 6.45) is 4.45. The lowest BCUT2D eigenvalue weighted by Crippen LogP contribution is -2.37. The molecule has 508 valence electrons. The Morgan fingerprint density at radius 3 is 1.62 bits per heavy atom. The fourth-order valence-electron chi connectivity index (χ4n) is 9.64. The first-order valence-corrected chi connectivity index (χ1v) is 34.9. The van der Waals surface area contributed by atoms with Gasteiger partial charge in [0.15, 0.2) is 12.1 Å². The summed E-state index contributed by atoms with van der Waals surface area (Å²) in [4.78, 5) is 61.9. The van der Waals surface area contributed by atoms with Crippen molar-refractivity contribution in [1.82, 2.24) is 15.0 Å². The summed E-state index contributed by atoms with van der Waals surface area (Å²) in [7, 11) is -25.3. The first-order valence-electron chi connectivity index (χ1n) is 27.7. The van der Waals surface area contributed by atoms with Crippen molar-refractivity contribution in [2.24, 2.45) is 30.7 Å². The molecule has 0 bridgehead atoms. The van der Waals surface area contributed by atoms with Gasteiger partial charge in [-0.15, -0.1) is 0 Å². The number of hydrogen-bond acceptors (Lipinski definition) is 27. The Kier molecular flexibility index (Phi) is 19.5. The number of azo groups is 2. The molecule has 2 amide bonds. The summed E-state index contributed by atoms with van der Waals surface area (Å²) in [5, 5.41) is 50.2. The Bertz CT molecular complexity index is 5320. The van der Waals surface area contributed by atoms with E-state index >= 15 is 0 Å². The first-order chi connectivity index (χ1) is 46.0. The molecule has 3 aliphatic rings. The van der Waals surface area contributed by atoms with Gasteiger partial charge in [0, 0.05) is 18.8 Å². The molecule has 9 N–H and O–H groups in total. The van der Waals surface area contributed by atoms with Crippen molar-refractivity contribution in [1.29, 1.82) is 0 Å². The molecule has 1 fully saturated rings. The minimum Gasteiger partial charge on any atom is -0.478 e. The third-order valence-electron chi connectivity index (χ3n) is 14.3. The summed E-state index contributed by atoms with van der Waals surface area (Å²) >= 11 is 0. The van der Waals surface area contributed by atoms with Crippen LogP contribution in [0.25, 0.3) is 24.3 Å². The van der Waals surface area contributed by atoms with Crippen LogP contribution in [0.2, 0.25) is 0 Å². The van der Waals surface area contributed by atoms with Crippen LogP contribution in [0.15, 0.2) is 170 Å². The fraction of sp³-hybridized carbons (Fsp3) is 0.140. The maximum absolute atomic E-state index is 13.7. The number of hydrogen-bond donors (Lipinski definition) is 9. The van der Waals surface area contributed by atoms with Gasteiger partial charge in [0.1, 0.15) is 19.6 Å². The van der Waals surface area contributed by atoms with Crippen LogP contribution in [-0.4, -0.2) is 164 Å². The third-order valence-corrected chi connectivity index (χ3v) is 18.8. The Hall–Kier alpha value is -10.9. The van der Waals surface area contributed by atoms with E-state index in [-0.39, 0.29) is 112 Å². The van der Waals surface area contributed by atoms with E-state index in [0.717, 1.165) is 76.8 Å². The topological polar surface area (TPSA) is 536 Å². The second-order valence-corrected chi connectivity index (χ2v) is 27.9. The second-order valence-electron chi connectivity index (χ2n) is 21.0. The number of aromatic carboxylic acids is 2. The summed E-state index contributed by atoms with van der Waals surface area (Å²) in [6, 6.07) is 18.4. The zero-order valence-electron chi connectivity index (χ0n) is 49.9. The lowest BCUT2D eigenvalue weighted by atomic mass is 10.1. The minimum atomic E-state index is -5.19. The number of benzene rings is 6. The Labute approximate surface area is 554 Å². The highest BCUT2D eigenvalue weighted by Gasteiger charge is 2.37. The number of anilines is 7. The average Bonchev–Trinajstić information content (AvgIpc) is 1.48. The van der Waals surface area contributed by atoms with Crippen molar-refractivity contribution in [3.8, 4) is 0 Å². The van der Waals surface area contributed by atoms with Gasteiger partial charge in [0.05, 0.1) is 69.1 Å². The standard InChI is InChI=1S/C57H48N14O22S5/c1-30-49(66-64-43-19-17-39(94(78,79)80)29-41(43)54(76)77)51(72)70(67-30)37-16-20-45(95(81,82)83)35(26-37)11-10-34-12-14-36(27-46(34)96(84,85)86)58-55-60-56(62-57(61-55)69-21-23-93-24-22-69)59-44-18-8-32(25-48(44)98(90,91)92)7-9-33-13-15-38(28-47(33)97(87,88)89)71-52(73)50(31(2)68-71)65-63-42-6-4-3-5-40(42)53(74)75/h3-20,25-29,49-50H,21-24H2,1-2H3,(H,74,75)(H,76,77)(H,78,79,80)(H,81,82,83)(H,84,85,86)(H,87,88,89)(H,90,91,92)(H2,58,59,60,61,62)/b9-7+,11-10+,65-63?,66-64?. The number of carboxylic acids is 2. The highest BCUT2D eigenvalue weighted by atomic mass is 32.2. The molecule has 4 heterocycles. The van der Waals surface area contributed by atoms with E-state index in [4.69, 9.17) is 4.74 Å². The molecule has 98 heavy (non-hydrogen) atoms. The van der Waals surface area contributed by atoms with Crippen LogP contribution in [-0.2, 0) is 64.9 Å². The maximum atomic E-state index is 13.7. The number of amides is 2. The molecule has 0 spiro atoms. The molecule has 2 atom stereocenters. The van der Waals surface area contributed by atoms with Crippen molar-refractivity contribution in [3.05, 3.63) is 149 Å². The molecule has 2 unspecified atom stereocenters. The van der Waals surface area contributed by atoms with Gasteiger partial charge in [0.25, 0.3) is 62.4 Å². The number of nitrogens with one attached hydrogen (secondary N) is 2. The van der Waals surface area contributed by atoms with Crippen molar-refractivity contribution >= 4 is 162 Å². The van der Waals surface area contributed by atoms with E-state index in [2.05, 4.69) is 56.2 Å². The number of hydrazone groups is 2. The van der Waals surface area contributed by atoms with Gasteiger partial charge in [-0.05, 0) is 121 Å². The van der Waals surface area contributed by atoms with Crippen LogP contribution in [0, 0.1) is 0 Å². The highest BCUT2D eigenvalue weighted by Crippen LogP contribution is 2.35. The van der Waals surface area contributed by atoms with Gasteiger partial charge in [-0.3, -0.25) is 32.4 Å². The van der Waals surface area contributed by atoms with Crippen LogP contribution in [0.3, 0.4) is 0 Å². The predicted octanol–water partition coefficient (Wildman–Crippen LogP) is 6.92. The molecule has 1 aromatic heterocycles. The summed E-state index contributed by atoms with van der Waals surface area (Å²) in [5.74, 6) is -5.40. The van der Waals surface area contributed by atoms with Gasteiger partial charge in [-0.1, -0.05) is 54.6 Å². The SMILES string of the molecule is CC1=NN(c2ccc(/C=C/c3ccc(Nc4nc(Nc5ccc(/C=C/c6cc(N7N=C(C)C(N=Nc8ccc(S(=O)(=O)O)cc8C(=O)O)C7=O)ccc6S(=O)(=O)O)c(S(=O)(=O)O)c5)nc(N5CCOCC5)n4)c(S(=O)(=O)O)c3)c(S(=O)(=O)O)c2)C(=O)C1N=Nc1ccccc1C(=O)O. The number of rotatable bonds is 22. The predicted molar refractivity (Wildman–Crippen MR) is 347 cm³/mol. The largest absolute Gasteiger partial charge is 0.478 e. The van der Waals surface area contributed by atoms with Crippen molar-refractivity contribution in [3.63, 3.8) is 0 Å². The molecule has 6 aromatic carbocycles. The molecule has 7 aromatic rings. The van der Waals surface area contributed by atoms with Crippen molar-refractivity contribution in [2.45, 2.75) is 50.4 Å². The zero-order valence-corrected chi connectivity index (χ0v) is 54.0. The van der Waals surface area contributed by atoms with Gasteiger partial charge in [0.2, 0.25) is 17.8 Å². The molecule has 0 saturated carbocycles. The maximum Gasteiger partial charge on any atom is 0.338 e. The fourth-order valence-corrected chi connectivity index (χ4v) is 12.9. The number of aromatic nitrogens is 3. The normalized spacial score (nSPS) is 16.6. The Morgan fingerprint density at radius 2 is 1.04 bits per heavy atom. The molecule has 0 radical (unpaired) electrons. The summed E-state index contributed by atoms with van der Waals surface area (Å²) in [6.45, 7) is 3.67. The quantitative estimate of drug-likeness (QED) is 0.0189. The van der Waals surface area contributed by atoms with Crippen LogP contribution in [0.1, 0.15) is 56.8 Å². The average molecular weight is 1440 g/mol. The first kappa shape index (κ1) is 70.0. The molecule has 36 nitrogen and oxygen atoms in total. The molecule has 1 saturated heterocycles. The third kappa shape index (κ3) is 15.8. The number of nitrogens with zero attached hydrogens (tertiary/aromatic N) is 12. The molecular weight excluding hydrogens is 1390 g/mol. The molecule has 3 aliphatic heterocycles. The number of carbonyl (C=O) groups excluding carboxylic acids is 2. The highest BCUT2D eigenvalue weighted by molar-refractivity contribution is 7.87. The van der Waals surface area contributed by atoms with Gasteiger partial charge in [-0.25, -0.2) is 9.59 Å². The summed E-state index contributed by atoms with van der Waals surface area (Å²) in [5.41, 5.74) is -2.80. The molecule has 41 heteroatoms. The number of ether oxygens (including phenoxy) is 1. The second kappa shape index (κ2) is 27.3. The zero-order chi connectivity index (χ0) is 71.0. The van der Waals surface area contributed by atoms with E-state index < -0.39 is 122 Å². The van der Waals surface area contributed by atoms with Crippen molar-refractivity contribution < 1.29 is 99.0 Å². The molecule has 10 rings (SSSR count). The van der Waals surface area contributed by atoms with Crippen LogP contribution >= 0.6 is 0 Å². The van der Waals surface area contributed by atoms with E-state index in [1.807, 2.05) is 0 Å². The summed E-state index contributed by atoms with van der Waals surface area (Å²) < 4.78 is 183. The number of carbonyl (C=O) groups is 4. The van der Waals surface area contributed by atoms with E-state index in [0.29, 0.717) is 6.07 Å². The Morgan fingerprint density at radius 1 is 0.520 bits per heavy atom. The smallest absolute Gasteiger partial charge is 0.338 e. The van der Waals surface area contributed by atoms with Crippen molar-refractivity contribution in [2.75, 3.05) is 51.9 Å². The van der Waals surface area contributed by atoms with Crippen LogP contribution < -0.4 is 25.6 Å². The lowest BCUT2D eigenvalue weighted by molar-refractivity contribution is -0.118. The monoisotopic (exact) mass is 1440 g/mol. The minimum absolute atomic E-state index is 0.0156. The van der Waals surface area contributed by atoms with E-state index in [1.54, 1.807) is 4.90 Å². The van der Waals surface area contributed by atoms with Crippen LogP contribution in [0.5, 0.6) is 0 Å². The van der Waals surface area contributed by atoms with Gasteiger partial charge < -0.3 is 30.5 Å². The number of carboxylic acid groups (broad SMARTS) is 2. The van der Waals surface area contributed by atoms with Crippen LogP contribution in [0.4, 0.5) is 52.0 Å².